The maximum absolute atomic E-state index is 12.7. The normalized spacial score (nSPS) is 19.0. The van der Waals surface area contributed by atoms with E-state index in [-0.39, 0.29) is 28.8 Å². The van der Waals surface area contributed by atoms with Crippen LogP contribution in [-0.4, -0.2) is 60.3 Å². The summed E-state index contributed by atoms with van der Waals surface area (Å²) in [6.45, 7) is 4.57. The van der Waals surface area contributed by atoms with Gasteiger partial charge in [0.15, 0.2) is 16.4 Å². The number of sulfone groups is 1. The van der Waals surface area contributed by atoms with E-state index in [1.807, 2.05) is 6.92 Å². The van der Waals surface area contributed by atoms with E-state index in [0.29, 0.717) is 18.4 Å². The van der Waals surface area contributed by atoms with Gasteiger partial charge >= 0.3 is 5.97 Å². The maximum atomic E-state index is 12.7. The van der Waals surface area contributed by atoms with Crippen molar-refractivity contribution in [1.82, 2.24) is 4.90 Å². The largest absolute Gasteiger partial charge is 0.452 e. The fourth-order valence-electron chi connectivity index (χ4n) is 3.35. The van der Waals surface area contributed by atoms with Crippen molar-refractivity contribution in [3.8, 4) is 0 Å². The average molecular weight is 412 g/mol. The number of aryl methyl sites for hydroxylation is 1. The fraction of sp³-hybridized carbons (Fsp3) is 0.556. The fourth-order valence-corrected chi connectivity index (χ4v) is 5.06. The van der Waals surface area contributed by atoms with Gasteiger partial charge in [0.25, 0.3) is 11.6 Å². The molecule has 0 bridgehead atoms. The zero-order valence-electron chi connectivity index (χ0n) is 16.1. The van der Waals surface area contributed by atoms with Gasteiger partial charge in [-0.3, -0.25) is 14.9 Å². The molecule has 1 aliphatic heterocycles. The third-order valence-corrected chi connectivity index (χ3v) is 6.67. The standard InChI is InChI=1S/C18H24N2O7S/c1-4-13(3)19(14-8-9-28(25,26)11-14)16(21)10-27-18(22)15-7-5-6-12(2)17(15)20(23)24/h5-7,13-14H,4,8-11H2,1-3H3/t13-,14+/m1/s1. The van der Waals surface area contributed by atoms with Crippen LogP contribution in [0.2, 0.25) is 0 Å². The Bertz CT molecular complexity index is 882. The highest BCUT2D eigenvalue weighted by molar-refractivity contribution is 7.91. The zero-order chi connectivity index (χ0) is 21.1. The minimum absolute atomic E-state index is 0.0210. The predicted molar refractivity (Wildman–Crippen MR) is 102 cm³/mol. The van der Waals surface area contributed by atoms with Gasteiger partial charge in [-0.15, -0.1) is 0 Å². The Kier molecular flexibility index (Phi) is 6.76. The van der Waals surface area contributed by atoms with E-state index in [0.717, 1.165) is 0 Å². The van der Waals surface area contributed by atoms with Crippen molar-refractivity contribution in [2.75, 3.05) is 18.1 Å². The summed E-state index contributed by atoms with van der Waals surface area (Å²) < 4.78 is 28.6. The number of para-hydroxylation sites is 1. The van der Waals surface area contributed by atoms with Gasteiger partial charge in [0.05, 0.1) is 16.4 Å². The van der Waals surface area contributed by atoms with Gasteiger partial charge in [-0.05, 0) is 32.8 Å². The van der Waals surface area contributed by atoms with Crippen LogP contribution in [0.25, 0.3) is 0 Å². The minimum Gasteiger partial charge on any atom is -0.452 e. The lowest BCUT2D eigenvalue weighted by atomic mass is 10.1. The Morgan fingerprint density at radius 2 is 2.07 bits per heavy atom. The number of nitro benzene ring substituents is 1. The molecule has 0 spiro atoms. The maximum Gasteiger partial charge on any atom is 0.345 e. The van der Waals surface area contributed by atoms with Crippen LogP contribution in [0.3, 0.4) is 0 Å². The van der Waals surface area contributed by atoms with Gasteiger partial charge in [-0.25, -0.2) is 13.2 Å². The number of rotatable bonds is 7. The Balaban J connectivity index is 2.14. The Morgan fingerprint density at radius 1 is 1.39 bits per heavy atom. The van der Waals surface area contributed by atoms with Crippen molar-refractivity contribution in [2.45, 2.75) is 45.7 Å². The number of hydrogen-bond donors (Lipinski definition) is 0. The molecule has 1 fully saturated rings. The summed E-state index contributed by atoms with van der Waals surface area (Å²) in [5.41, 5.74) is -0.278. The van der Waals surface area contributed by atoms with Crippen molar-refractivity contribution in [3.05, 3.63) is 39.4 Å². The summed E-state index contributed by atoms with van der Waals surface area (Å²) in [6.07, 6.45) is 0.954. The summed E-state index contributed by atoms with van der Waals surface area (Å²) in [5, 5.41) is 11.2. The number of amides is 1. The Hall–Kier alpha value is -2.49. The lowest BCUT2D eigenvalue weighted by molar-refractivity contribution is -0.385. The molecule has 28 heavy (non-hydrogen) atoms. The molecule has 1 aromatic rings. The summed E-state index contributed by atoms with van der Waals surface area (Å²) in [5.74, 6) is -1.57. The van der Waals surface area contributed by atoms with E-state index in [4.69, 9.17) is 4.74 Å². The Labute approximate surface area is 163 Å². The molecular weight excluding hydrogens is 388 g/mol. The Morgan fingerprint density at radius 3 is 2.61 bits per heavy atom. The predicted octanol–water partition coefficient (Wildman–Crippen LogP) is 1.87. The third kappa shape index (κ3) is 4.86. The first-order valence-corrected chi connectivity index (χ1v) is 10.8. The van der Waals surface area contributed by atoms with Gasteiger partial charge in [0, 0.05) is 17.6 Å². The number of nitrogens with zero attached hydrogens (tertiary/aromatic N) is 2. The number of carbonyl (C=O) groups is 2. The van der Waals surface area contributed by atoms with Gasteiger partial charge in [0.2, 0.25) is 0 Å². The first-order valence-electron chi connectivity index (χ1n) is 9.00. The molecular formula is C18H24N2O7S. The zero-order valence-corrected chi connectivity index (χ0v) is 16.9. The monoisotopic (exact) mass is 412 g/mol. The molecule has 154 valence electrons. The van der Waals surface area contributed by atoms with Gasteiger partial charge in [0.1, 0.15) is 5.56 Å². The average Bonchev–Trinajstić information content (AvgIpc) is 2.98. The van der Waals surface area contributed by atoms with Gasteiger partial charge in [-0.2, -0.15) is 0 Å². The lowest BCUT2D eigenvalue weighted by Crippen LogP contribution is -2.48. The van der Waals surface area contributed by atoms with E-state index in [2.05, 4.69) is 0 Å². The molecule has 10 heteroatoms. The first kappa shape index (κ1) is 21.8. The molecule has 0 radical (unpaired) electrons. The molecule has 1 amide bonds. The lowest BCUT2D eigenvalue weighted by Gasteiger charge is -2.33. The smallest absolute Gasteiger partial charge is 0.345 e. The highest BCUT2D eigenvalue weighted by atomic mass is 32.2. The SMILES string of the molecule is CC[C@@H](C)N(C(=O)COC(=O)c1cccc(C)c1[N+](=O)[O-])[C@H]1CCS(=O)(=O)C1. The second-order valence-electron chi connectivity index (χ2n) is 6.92. The molecule has 1 aliphatic rings. The highest BCUT2D eigenvalue weighted by Gasteiger charge is 2.37. The second kappa shape index (κ2) is 8.68. The van der Waals surface area contributed by atoms with Crippen molar-refractivity contribution in [1.29, 1.82) is 0 Å². The summed E-state index contributed by atoms with van der Waals surface area (Å²) in [7, 11) is -3.19. The molecule has 1 heterocycles. The van der Waals surface area contributed by atoms with Crippen LogP contribution < -0.4 is 0 Å². The van der Waals surface area contributed by atoms with E-state index in [1.54, 1.807) is 6.92 Å². The molecule has 1 saturated heterocycles. The van der Waals surface area contributed by atoms with E-state index in [1.165, 1.54) is 30.0 Å². The number of esters is 1. The summed E-state index contributed by atoms with van der Waals surface area (Å²) in [4.78, 5) is 37.0. The van der Waals surface area contributed by atoms with Crippen LogP contribution in [0.15, 0.2) is 18.2 Å². The molecule has 0 unspecified atom stereocenters. The van der Waals surface area contributed by atoms with Crippen LogP contribution in [0.4, 0.5) is 5.69 Å². The number of carbonyl (C=O) groups excluding carboxylic acids is 2. The highest BCUT2D eigenvalue weighted by Crippen LogP contribution is 2.24. The third-order valence-electron chi connectivity index (χ3n) is 4.92. The van der Waals surface area contributed by atoms with Crippen molar-refractivity contribution in [2.24, 2.45) is 0 Å². The number of nitro groups is 1. The van der Waals surface area contributed by atoms with Crippen LogP contribution in [-0.2, 0) is 19.4 Å². The summed E-state index contributed by atoms with van der Waals surface area (Å²) in [6, 6.07) is 3.59. The first-order chi connectivity index (χ1) is 13.1. The quantitative estimate of drug-likeness (QED) is 0.380. The van der Waals surface area contributed by atoms with Crippen molar-refractivity contribution in [3.63, 3.8) is 0 Å². The van der Waals surface area contributed by atoms with Gasteiger partial charge in [-0.1, -0.05) is 19.1 Å². The molecule has 0 saturated carbocycles. The van der Waals surface area contributed by atoms with Crippen LogP contribution >= 0.6 is 0 Å². The molecule has 0 aliphatic carbocycles. The van der Waals surface area contributed by atoms with E-state index >= 15 is 0 Å². The second-order valence-corrected chi connectivity index (χ2v) is 9.15. The van der Waals surface area contributed by atoms with Crippen molar-refractivity contribution >= 4 is 27.4 Å². The summed E-state index contributed by atoms with van der Waals surface area (Å²) >= 11 is 0. The van der Waals surface area contributed by atoms with Crippen LogP contribution in [0, 0.1) is 17.0 Å². The molecule has 1 aromatic carbocycles. The van der Waals surface area contributed by atoms with E-state index < -0.39 is 39.3 Å². The number of ether oxygens (including phenoxy) is 1. The topological polar surface area (TPSA) is 124 Å². The van der Waals surface area contributed by atoms with Gasteiger partial charge < -0.3 is 9.64 Å². The molecule has 0 N–H and O–H groups in total. The number of hydrogen-bond acceptors (Lipinski definition) is 7. The van der Waals surface area contributed by atoms with Crippen molar-refractivity contribution < 1.29 is 27.7 Å². The molecule has 2 rings (SSSR count). The number of benzene rings is 1. The van der Waals surface area contributed by atoms with Crippen LogP contribution in [0.5, 0.6) is 0 Å². The molecule has 9 nitrogen and oxygen atoms in total. The molecule has 0 aromatic heterocycles. The van der Waals surface area contributed by atoms with E-state index in [9.17, 15) is 28.1 Å². The molecule has 2 atom stereocenters. The van der Waals surface area contributed by atoms with Crippen LogP contribution in [0.1, 0.15) is 42.6 Å². The minimum atomic E-state index is -3.19.